The van der Waals surface area contributed by atoms with E-state index >= 15 is 0 Å². The molecule has 1 saturated carbocycles. The molecule has 0 aromatic rings. The summed E-state index contributed by atoms with van der Waals surface area (Å²) >= 11 is -1.93. The van der Waals surface area contributed by atoms with Crippen molar-refractivity contribution in [3.05, 3.63) is 0 Å². The van der Waals surface area contributed by atoms with E-state index in [0.717, 1.165) is 12.8 Å². The minimum absolute atomic E-state index is 0.0138. The lowest BCUT2D eigenvalue weighted by molar-refractivity contribution is 0.208. The SMILES string of the molecule is O=S([O-])CCC1(CO)CC1. The Morgan fingerprint density at radius 3 is 2.50 bits per heavy atom. The van der Waals surface area contributed by atoms with E-state index in [0.29, 0.717) is 6.42 Å². The normalized spacial score (nSPS) is 24.2. The summed E-state index contributed by atoms with van der Waals surface area (Å²) in [5.41, 5.74) is -0.0138. The van der Waals surface area contributed by atoms with Crippen LogP contribution in [0.15, 0.2) is 0 Å². The van der Waals surface area contributed by atoms with Crippen LogP contribution < -0.4 is 0 Å². The average Bonchev–Trinajstić information content (AvgIpc) is 2.64. The van der Waals surface area contributed by atoms with Gasteiger partial charge in [-0.15, -0.1) is 0 Å². The highest BCUT2D eigenvalue weighted by Gasteiger charge is 2.41. The first-order valence-electron chi connectivity index (χ1n) is 3.35. The van der Waals surface area contributed by atoms with E-state index in [1.54, 1.807) is 0 Å². The largest absolute Gasteiger partial charge is 0.772 e. The Hall–Kier alpha value is 0.0700. The molecule has 1 N–H and O–H groups in total. The molecule has 0 heterocycles. The molecule has 1 aliphatic rings. The zero-order valence-corrected chi connectivity index (χ0v) is 6.52. The fourth-order valence-corrected chi connectivity index (χ4v) is 1.56. The molecule has 0 spiro atoms. The molecule has 4 heteroatoms. The van der Waals surface area contributed by atoms with Crippen molar-refractivity contribution in [2.45, 2.75) is 19.3 Å². The molecule has 1 aliphatic carbocycles. The van der Waals surface area contributed by atoms with Gasteiger partial charge in [0, 0.05) is 12.4 Å². The fourth-order valence-electron chi connectivity index (χ4n) is 0.964. The van der Waals surface area contributed by atoms with Gasteiger partial charge in [-0.2, -0.15) is 0 Å². The van der Waals surface area contributed by atoms with Crippen LogP contribution in [0, 0.1) is 5.41 Å². The van der Waals surface area contributed by atoms with Crippen LogP contribution in [-0.2, 0) is 11.1 Å². The zero-order valence-electron chi connectivity index (χ0n) is 5.71. The first kappa shape index (κ1) is 8.17. The van der Waals surface area contributed by atoms with Crippen LogP contribution in [0.25, 0.3) is 0 Å². The summed E-state index contributed by atoms with van der Waals surface area (Å²) in [4.78, 5) is 0. The summed E-state index contributed by atoms with van der Waals surface area (Å²) in [6.45, 7) is 0.143. The Bertz CT molecular complexity index is 142. The van der Waals surface area contributed by atoms with Gasteiger partial charge in [0.05, 0.1) is 0 Å². The molecular weight excluding hydrogens is 152 g/mol. The minimum Gasteiger partial charge on any atom is -0.772 e. The zero-order chi connectivity index (χ0) is 7.61. The van der Waals surface area contributed by atoms with Crippen LogP contribution in [-0.4, -0.2) is 26.2 Å². The number of rotatable bonds is 4. The first-order chi connectivity index (χ1) is 4.68. The van der Waals surface area contributed by atoms with Gasteiger partial charge in [0.25, 0.3) is 0 Å². The van der Waals surface area contributed by atoms with Crippen LogP contribution in [0.2, 0.25) is 0 Å². The van der Waals surface area contributed by atoms with Crippen molar-refractivity contribution in [3.63, 3.8) is 0 Å². The van der Waals surface area contributed by atoms with Crippen molar-refractivity contribution in [1.29, 1.82) is 0 Å². The Morgan fingerprint density at radius 1 is 1.60 bits per heavy atom. The van der Waals surface area contributed by atoms with Crippen molar-refractivity contribution >= 4 is 11.1 Å². The van der Waals surface area contributed by atoms with E-state index in [9.17, 15) is 8.76 Å². The second-order valence-corrected chi connectivity index (χ2v) is 3.93. The molecule has 0 saturated heterocycles. The summed E-state index contributed by atoms with van der Waals surface area (Å²) in [7, 11) is 0. The number of aliphatic hydroxyl groups is 1. The smallest absolute Gasteiger partial charge is 0.0487 e. The monoisotopic (exact) mass is 163 g/mol. The second kappa shape index (κ2) is 2.98. The maximum absolute atomic E-state index is 10.1. The summed E-state index contributed by atoms with van der Waals surface area (Å²) < 4.78 is 20.2. The van der Waals surface area contributed by atoms with Gasteiger partial charge in [0.15, 0.2) is 0 Å². The third-order valence-electron chi connectivity index (χ3n) is 2.09. The van der Waals surface area contributed by atoms with Gasteiger partial charge in [-0.1, -0.05) is 11.1 Å². The van der Waals surface area contributed by atoms with E-state index in [1.807, 2.05) is 0 Å². The summed E-state index contributed by atoms with van der Waals surface area (Å²) in [6.07, 6.45) is 2.60. The fraction of sp³-hybridized carbons (Fsp3) is 1.00. The molecule has 0 radical (unpaired) electrons. The molecule has 0 aromatic heterocycles. The lowest BCUT2D eigenvalue weighted by atomic mass is 10.1. The van der Waals surface area contributed by atoms with Gasteiger partial charge in [-0.3, -0.25) is 4.21 Å². The molecule has 0 bridgehead atoms. The van der Waals surface area contributed by atoms with Crippen molar-refractivity contribution in [1.82, 2.24) is 0 Å². The van der Waals surface area contributed by atoms with Crippen LogP contribution in [0.3, 0.4) is 0 Å². The molecule has 10 heavy (non-hydrogen) atoms. The summed E-state index contributed by atoms with van der Waals surface area (Å²) in [6, 6.07) is 0. The lowest BCUT2D eigenvalue weighted by Crippen LogP contribution is -2.10. The first-order valence-corrected chi connectivity index (χ1v) is 4.60. The Kier molecular flexibility index (Phi) is 2.44. The summed E-state index contributed by atoms with van der Waals surface area (Å²) in [5.74, 6) is 0.195. The molecule has 1 rings (SSSR count). The highest BCUT2D eigenvalue weighted by atomic mass is 32.2. The maximum Gasteiger partial charge on any atom is 0.0487 e. The molecule has 60 valence electrons. The molecule has 1 fully saturated rings. The van der Waals surface area contributed by atoms with Gasteiger partial charge in [0.1, 0.15) is 0 Å². The highest BCUT2D eigenvalue weighted by molar-refractivity contribution is 7.79. The Labute approximate surface area is 62.7 Å². The topological polar surface area (TPSA) is 60.4 Å². The lowest BCUT2D eigenvalue weighted by Gasteiger charge is -2.11. The Balaban J connectivity index is 2.19. The Morgan fingerprint density at radius 2 is 2.20 bits per heavy atom. The minimum atomic E-state index is -1.93. The average molecular weight is 163 g/mol. The number of aliphatic hydroxyl groups excluding tert-OH is 1. The van der Waals surface area contributed by atoms with E-state index in [1.165, 1.54) is 0 Å². The van der Waals surface area contributed by atoms with Gasteiger partial charge in [-0.25, -0.2) is 0 Å². The van der Waals surface area contributed by atoms with Crippen molar-refractivity contribution in [2.75, 3.05) is 12.4 Å². The van der Waals surface area contributed by atoms with Gasteiger partial charge in [-0.05, 0) is 24.7 Å². The number of hydrogen-bond donors (Lipinski definition) is 1. The third kappa shape index (κ3) is 2.04. The van der Waals surface area contributed by atoms with Gasteiger partial charge >= 0.3 is 0 Å². The van der Waals surface area contributed by atoms with Crippen molar-refractivity contribution < 1.29 is 13.9 Å². The van der Waals surface area contributed by atoms with E-state index in [-0.39, 0.29) is 17.8 Å². The molecule has 0 aliphatic heterocycles. The van der Waals surface area contributed by atoms with Crippen molar-refractivity contribution in [3.8, 4) is 0 Å². The predicted molar refractivity (Wildman–Crippen MR) is 37.2 cm³/mol. The molecule has 1 unspecified atom stereocenters. The van der Waals surface area contributed by atoms with E-state index < -0.39 is 11.1 Å². The maximum atomic E-state index is 10.1. The quantitative estimate of drug-likeness (QED) is 0.595. The molecule has 0 aromatic carbocycles. The molecule has 1 atom stereocenters. The molecule has 3 nitrogen and oxygen atoms in total. The van der Waals surface area contributed by atoms with Crippen molar-refractivity contribution in [2.24, 2.45) is 5.41 Å². The molecular formula is C6H11O3S-. The van der Waals surface area contributed by atoms with Crippen LogP contribution in [0.4, 0.5) is 0 Å². The van der Waals surface area contributed by atoms with Gasteiger partial charge < -0.3 is 9.66 Å². The van der Waals surface area contributed by atoms with Gasteiger partial charge in [0.2, 0.25) is 0 Å². The number of hydrogen-bond acceptors (Lipinski definition) is 3. The third-order valence-corrected chi connectivity index (χ3v) is 2.63. The standard InChI is InChI=1S/C6H12O3S/c7-5-6(1-2-6)3-4-10(8)9/h7H,1-5H2,(H,8,9)/p-1. The molecule has 0 amide bonds. The highest BCUT2D eigenvalue weighted by Crippen LogP contribution is 2.48. The van der Waals surface area contributed by atoms with E-state index in [2.05, 4.69) is 0 Å². The predicted octanol–water partition coefficient (Wildman–Crippen LogP) is 0.0281. The van der Waals surface area contributed by atoms with Crippen LogP contribution >= 0.6 is 0 Å². The van der Waals surface area contributed by atoms with Crippen LogP contribution in [0.1, 0.15) is 19.3 Å². The summed E-state index contributed by atoms with van der Waals surface area (Å²) in [5, 5.41) is 8.77. The van der Waals surface area contributed by atoms with E-state index in [4.69, 9.17) is 5.11 Å². The second-order valence-electron chi connectivity index (χ2n) is 2.92. The van der Waals surface area contributed by atoms with Crippen LogP contribution in [0.5, 0.6) is 0 Å².